The number of hydrogen-bond acceptors (Lipinski definition) is 4. The van der Waals surface area contributed by atoms with Crippen molar-refractivity contribution in [3.63, 3.8) is 0 Å². The van der Waals surface area contributed by atoms with E-state index in [1.807, 2.05) is 31.3 Å². The number of nitrogens with one attached hydrogen (secondary N) is 1. The zero-order valence-electron chi connectivity index (χ0n) is 12.7. The molecule has 4 nitrogen and oxygen atoms in total. The van der Waals surface area contributed by atoms with E-state index in [2.05, 4.69) is 5.32 Å². The van der Waals surface area contributed by atoms with Crippen LogP contribution < -0.4 is 10.1 Å². The third-order valence-corrected chi connectivity index (χ3v) is 3.97. The predicted octanol–water partition coefficient (Wildman–Crippen LogP) is 3.17. The molecule has 0 aliphatic rings. The van der Waals surface area contributed by atoms with Gasteiger partial charge in [0.1, 0.15) is 5.75 Å². The number of rotatable bonds is 4. The van der Waals surface area contributed by atoms with Crippen LogP contribution in [0.5, 0.6) is 17.2 Å². The Hall–Kier alpha value is -2.46. The summed E-state index contributed by atoms with van der Waals surface area (Å²) in [6.07, 6.45) is 0.807. The van der Waals surface area contributed by atoms with Crippen LogP contribution in [0.4, 0.5) is 0 Å². The van der Waals surface area contributed by atoms with E-state index in [-0.39, 0.29) is 11.5 Å². The first-order valence-corrected chi connectivity index (χ1v) is 7.24. The maximum Gasteiger partial charge on any atom is 0.166 e. The highest BCUT2D eigenvalue weighted by Crippen LogP contribution is 2.41. The summed E-state index contributed by atoms with van der Waals surface area (Å²) in [6, 6.07) is 11.2. The number of methoxy groups -OCH3 is 1. The Morgan fingerprint density at radius 2 is 1.82 bits per heavy atom. The Kier molecular flexibility index (Phi) is 3.77. The molecule has 0 aliphatic heterocycles. The summed E-state index contributed by atoms with van der Waals surface area (Å²) < 4.78 is 5.20. The van der Waals surface area contributed by atoms with Crippen LogP contribution in [0.15, 0.2) is 36.4 Å². The molecule has 3 N–H and O–H groups in total. The average Bonchev–Trinajstić information content (AvgIpc) is 2.52. The Bertz CT molecular complexity index is 843. The second-order valence-corrected chi connectivity index (χ2v) is 5.34. The summed E-state index contributed by atoms with van der Waals surface area (Å²) in [5.41, 5.74) is 1.02. The molecular formula is C18H19NO3. The molecule has 3 aromatic carbocycles. The van der Waals surface area contributed by atoms with Crippen LogP contribution in [0.25, 0.3) is 21.5 Å². The molecule has 0 aromatic heterocycles. The van der Waals surface area contributed by atoms with Crippen molar-refractivity contribution >= 4 is 21.5 Å². The molecule has 3 rings (SSSR count). The molecular weight excluding hydrogens is 278 g/mol. The first-order chi connectivity index (χ1) is 10.7. The fourth-order valence-corrected chi connectivity index (χ4v) is 2.84. The Balaban J connectivity index is 2.35. The highest BCUT2D eigenvalue weighted by molar-refractivity contribution is 6.13. The number of phenolic OH excluding ortho intramolecular Hbond substituents is 2. The second kappa shape index (κ2) is 5.73. The van der Waals surface area contributed by atoms with Crippen LogP contribution >= 0.6 is 0 Å². The lowest BCUT2D eigenvalue weighted by Gasteiger charge is -2.12. The van der Waals surface area contributed by atoms with Crippen LogP contribution in [0.3, 0.4) is 0 Å². The van der Waals surface area contributed by atoms with Crippen molar-refractivity contribution in [3.05, 3.63) is 42.0 Å². The summed E-state index contributed by atoms with van der Waals surface area (Å²) in [4.78, 5) is 0. The van der Waals surface area contributed by atoms with Crippen LogP contribution in [0.1, 0.15) is 5.56 Å². The van der Waals surface area contributed by atoms with Crippen molar-refractivity contribution in [2.24, 2.45) is 0 Å². The van der Waals surface area contributed by atoms with Crippen molar-refractivity contribution in [2.45, 2.75) is 6.42 Å². The smallest absolute Gasteiger partial charge is 0.166 e. The first-order valence-electron chi connectivity index (χ1n) is 7.24. The molecule has 0 unspecified atom stereocenters. The van der Waals surface area contributed by atoms with Gasteiger partial charge in [-0.25, -0.2) is 0 Å². The van der Waals surface area contributed by atoms with E-state index < -0.39 is 0 Å². The third kappa shape index (κ3) is 2.31. The molecule has 3 aromatic rings. The molecule has 0 atom stereocenters. The summed E-state index contributed by atoms with van der Waals surface area (Å²) >= 11 is 0. The number of phenols is 2. The van der Waals surface area contributed by atoms with Gasteiger partial charge >= 0.3 is 0 Å². The van der Waals surface area contributed by atoms with E-state index in [1.165, 1.54) is 7.11 Å². The molecule has 0 saturated carbocycles. The highest BCUT2D eigenvalue weighted by Gasteiger charge is 2.13. The minimum absolute atomic E-state index is 0.107. The summed E-state index contributed by atoms with van der Waals surface area (Å²) in [5.74, 6) is 0.767. The van der Waals surface area contributed by atoms with Crippen molar-refractivity contribution in [3.8, 4) is 17.2 Å². The predicted molar refractivity (Wildman–Crippen MR) is 89.0 cm³/mol. The molecule has 0 aliphatic carbocycles. The molecule has 22 heavy (non-hydrogen) atoms. The Labute approximate surface area is 129 Å². The number of benzene rings is 3. The number of fused-ring (bicyclic) bond motifs is 3. The van der Waals surface area contributed by atoms with Gasteiger partial charge in [-0.3, -0.25) is 0 Å². The van der Waals surface area contributed by atoms with Crippen LogP contribution in [0.2, 0.25) is 0 Å². The quantitative estimate of drug-likeness (QED) is 0.647. The van der Waals surface area contributed by atoms with Gasteiger partial charge in [0.15, 0.2) is 11.5 Å². The molecule has 0 radical (unpaired) electrons. The molecule has 0 saturated heterocycles. The van der Waals surface area contributed by atoms with Crippen molar-refractivity contribution < 1.29 is 14.9 Å². The van der Waals surface area contributed by atoms with Gasteiger partial charge in [-0.15, -0.1) is 0 Å². The summed E-state index contributed by atoms with van der Waals surface area (Å²) in [6.45, 7) is 0.824. The van der Waals surface area contributed by atoms with Gasteiger partial charge in [-0.2, -0.15) is 0 Å². The van der Waals surface area contributed by atoms with E-state index in [4.69, 9.17) is 4.74 Å². The standard InChI is InChI=1S/C18H19NO3/c1-19-8-7-11-9-14-13(15(20)10-11)5-3-12-4-6-16(22-2)18(21)17(12)14/h3-6,9-10,19-21H,7-8H2,1-2H3. The molecule has 0 amide bonds. The number of likely N-dealkylation sites (N-methyl/N-ethyl adjacent to an activating group) is 1. The summed E-state index contributed by atoms with van der Waals surface area (Å²) in [7, 11) is 3.43. The normalized spacial score (nSPS) is 11.2. The molecule has 0 spiro atoms. The van der Waals surface area contributed by atoms with E-state index in [0.717, 1.165) is 34.7 Å². The molecule has 4 heteroatoms. The largest absolute Gasteiger partial charge is 0.507 e. The maximum atomic E-state index is 10.5. The van der Waals surface area contributed by atoms with Gasteiger partial charge in [0.25, 0.3) is 0 Å². The first kappa shape index (κ1) is 14.5. The van der Waals surface area contributed by atoms with Crippen LogP contribution in [0, 0.1) is 0 Å². The Morgan fingerprint density at radius 1 is 1.05 bits per heavy atom. The highest BCUT2D eigenvalue weighted by atomic mass is 16.5. The zero-order valence-corrected chi connectivity index (χ0v) is 12.7. The van der Waals surface area contributed by atoms with Gasteiger partial charge in [0.2, 0.25) is 0 Å². The van der Waals surface area contributed by atoms with Crippen LogP contribution in [-0.4, -0.2) is 30.9 Å². The topological polar surface area (TPSA) is 61.7 Å². The fraction of sp³-hybridized carbons (Fsp3) is 0.222. The van der Waals surface area contributed by atoms with E-state index >= 15 is 0 Å². The van der Waals surface area contributed by atoms with Gasteiger partial charge in [-0.05, 0) is 48.5 Å². The second-order valence-electron chi connectivity index (χ2n) is 5.34. The molecule has 0 fully saturated rings. The third-order valence-electron chi connectivity index (χ3n) is 3.97. The van der Waals surface area contributed by atoms with Gasteiger partial charge in [0.05, 0.1) is 7.11 Å². The van der Waals surface area contributed by atoms with Crippen molar-refractivity contribution in [1.82, 2.24) is 5.32 Å². The minimum Gasteiger partial charge on any atom is -0.507 e. The number of ether oxygens (including phenoxy) is 1. The Morgan fingerprint density at radius 3 is 2.55 bits per heavy atom. The van der Waals surface area contributed by atoms with Crippen LogP contribution in [-0.2, 0) is 6.42 Å². The number of hydrogen-bond donors (Lipinski definition) is 3. The van der Waals surface area contributed by atoms with Gasteiger partial charge < -0.3 is 20.3 Å². The lowest BCUT2D eigenvalue weighted by atomic mass is 9.97. The molecule has 114 valence electrons. The minimum atomic E-state index is 0.107. The van der Waals surface area contributed by atoms with Gasteiger partial charge in [0, 0.05) is 10.8 Å². The van der Waals surface area contributed by atoms with Crippen molar-refractivity contribution in [1.29, 1.82) is 0 Å². The number of aromatic hydroxyl groups is 2. The summed E-state index contributed by atoms with van der Waals surface area (Å²) in [5, 5.41) is 27.1. The zero-order chi connectivity index (χ0) is 15.7. The average molecular weight is 297 g/mol. The SMILES string of the molecule is CNCCc1cc(O)c2ccc3ccc(OC)c(O)c3c2c1. The maximum absolute atomic E-state index is 10.5. The fourth-order valence-electron chi connectivity index (χ4n) is 2.84. The lowest BCUT2D eigenvalue weighted by molar-refractivity contribution is 0.376. The monoisotopic (exact) mass is 297 g/mol. The van der Waals surface area contributed by atoms with Gasteiger partial charge in [-0.1, -0.05) is 24.3 Å². The van der Waals surface area contributed by atoms with E-state index in [0.29, 0.717) is 11.1 Å². The molecule has 0 bridgehead atoms. The molecule has 0 heterocycles. The lowest BCUT2D eigenvalue weighted by Crippen LogP contribution is -2.10. The van der Waals surface area contributed by atoms with E-state index in [1.54, 1.807) is 12.1 Å². The van der Waals surface area contributed by atoms with E-state index in [9.17, 15) is 10.2 Å². The van der Waals surface area contributed by atoms with Crippen molar-refractivity contribution in [2.75, 3.05) is 20.7 Å².